The molecule has 0 spiro atoms. The molecule has 17 heavy (non-hydrogen) atoms. The van der Waals surface area contributed by atoms with Gasteiger partial charge in [0.2, 0.25) is 0 Å². The van der Waals surface area contributed by atoms with E-state index in [-0.39, 0.29) is 5.56 Å². The first-order chi connectivity index (χ1) is 8.29. The predicted molar refractivity (Wildman–Crippen MR) is 70.1 cm³/mol. The van der Waals surface area contributed by atoms with E-state index in [4.69, 9.17) is 4.74 Å². The highest BCUT2D eigenvalue weighted by Crippen LogP contribution is 2.27. The Bertz CT molecular complexity index is 633. The van der Waals surface area contributed by atoms with Gasteiger partial charge in [-0.2, -0.15) is 0 Å². The largest absolute Gasteiger partial charge is 0.497 e. The van der Waals surface area contributed by atoms with Gasteiger partial charge in [-0.25, -0.2) is 0 Å². The van der Waals surface area contributed by atoms with E-state index in [9.17, 15) is 4.79 Å². The highest BCUT2D eigenvalue weighted by molar-refractivity contribution is 7.99. The minimum absolute atomic E-state index is 0.101. The summed E-state index contributed by atoms with van der Waals surface area (Å²) in [7, 11) is 1.62. The maximum Gasteiger partial charge on any atom is 0.259 e. The number of hydrogen-bond donors (Lipinski definition) is 0. The summed E-state index contributed by atoms with van der Waals surface area (Å²) < 4.78 is 7.04. The lowest BCUT2D eigenvalue weighted by Gasteiger charge is -2.18. The average molecular weight is 247 g/mol. The molecule has 1 aromatic heterocycles. The lowest BCUT2D eigenvalue weighted by Crippen LogP contribution is -2.24. The number of pyridine rings is 1. The summed E-state index contributed by atoms with van der Waals surface area (Å²) in [5.74, 6) is 1.83. The van der Waals surface area contributed by atoms with Gasteiger partial charge in [-0.3, -0.25) is 4.79 Å². The first-order valence-corrected chi connectivity index (χ1v) is 6.62. The number of fused-ring (bicyclic) bond motifs is 2. The van der Waals surface area contributed by atoms with Crippen LogP contribution in [0.3, 0.4) is 0 Å². The van der Waals surface area contributed by atoms with Crippen molar-refractivity contribution in [2.24, 2.45) is 0 Å². The number of ether oxygens (including phenoxy) is 1. The fraction of sp³-hybridized carbons (Fsp3) is 0.308. The van der Waals surface area contributed by atoms with Gasteiger partial charge in [0.25, 0.3) is 5.56 Å². The van der Waals surface area contributed by atoms with Crippen LogP contribution in [0.15, 0.2) is 34.1 Å². The van der Waals surface area contributed by atoms with E-state index in [2.05, 4.69) is 6.07 Å². The summed E-state index contributed by atoms with van der Waals surface area (Å²) in [5.41, 5.74) is 0.101. The van der Waals surface area contributed by atoms with Crippen molar-refractivity contribution in [1.82, 2.24) is 4.57 Å². The summed E-state index contributed by atoms with van der Waals surface area (Å²) in [6, 6.07) is 7.77. The highest BCUT2D eigenvalue weighted by atomic mass is 32.2. The quantitative estimate of drug-likeness (QED) is 0.776. The number of aromatic nitrogens is 1. The molecular weight excluding hydrogens is 234 g/mol. The second-order valence-electron chi connectivity index (χ2n) is 4.09. The first-order valence-electron chi connectivity index (χ1n) is 5.64. The molecule has 0 amide bonds. The summed E-state index contributed by atoms with van der Waals surface area (Å²) >= 11 is 1.76. The monoisotopic (exact) mass is 247 g/mol. The molecule has 0 saturated carbocycles. The van der Waals surface area contributed by atoms with Gasteiger partial charge in [-0.1, -0.05) is 6.07 Å². The lowest BCUT2D eigenvalue weighted by atomic mass is 10.1. The third-order valence-electron chi connectivity index (χ3n) is 3.06. The number of hydrogen-bond acceptors (Lipinski definition) is 3. The van der Waals surface area contributed by atoms with Crippen molar-refractivity contribution in [3.63, 3.8) is 0 Å². The molecule has 0 fully saturated rings. The molecule has 1 aliphatic heterocycles. The molecule has 0 N–H and O–H groups in total. The van der Waals surface area contributed by atoms with Crippen molar-refractivity contribution in [2.75, 3.05) is 12.9 Å². The van der Waals surface area contributed by atoms with Crippen LogP contribution in [0.5, 0.6) is 5.75 Å². The Balaban J connectivity index is 2.33. The van der Waals surface area contributed by atoms with Crippen molar-refractivity contribution in [3.05, 3.63) is 34.6 Å². The van der Waals surface area contributed by atoms with E-state index in [1.807, 2.05) is 22.8 Å². The van der Waals surface area contributed by atoms with Crippen molar-refractivity contribution >= 4 is 22.5 Å². The molecule has 0 atom stereocenters. The Labute approximate surface area is 103 Å². The van der Waals surface area contributed by atoms with E-state index in [1.54, 1.807) is 18.9 Å². The molecule has 0 saturated heterocycles. The number of rotatable bonds is 1. The van der Waals surface area contributed by atoms with Gasteiger partial charge in [-0.15, -0.1) is 11.8 Å². The SMILES string of the molecule is COc1ccc2cc3n(c(=O)c2c1)CCCS3. The molecule has 1 aliphatic rings. The van der Waals surface area contributed by atoms with Crippen LogP contribution in [0.4, 0.5) is 0 Å². The van der Waals surface area contributed by atoms with Crippen LogP contribution in [0.25, 0.3) is 10.8 Å². The Kier molecular flexibility index (Phi) is 2.59. The van der Waals surface area contributed by atoms with Gasteiger partial charge in [0.05, 0.1) is 17.5 Å². The zero-order chi connectivity index (χ0) is 11.8. The molecule has 1 aromatic carbocycles. The Morgan fingerprint density at radius 3 is 3.06 bits per heavy atom. The second-order valence-corrected chi connectivity index (χ2v) is 5.21. The molecule has 4 heteroatoms. The lowest BCUT2D eigenvalue weighted by molar-refractivity contribution is 0.415. The average Bonchev–Trinajstić information content (AvgIpc) is 2.39. The molecule has 3 nitrogen and oxygen atoms in total. The van der Waals surface area contributed by atoms with Gasteiger partial charge in [0, 0.05) is 12.3 Å². The van der Waals surface area contributed by atoms with Gasteiger partial charge < -0.3 is 9.30 Å². The highest BCUT2D eigenvalue weighted by Gasteiger charge is 2.13. The molecule has 0 radical (unpaired) electrons. The number of nitrogens with zero attached hydrogens (tertiary/aromatic N) is 1. The van der Waals surface area contributed by atoms with Gasteiger partial charge in [0.1, 0.15) is 5.75 Å². The molecule has 0 bridgehead atoms. The smallest absolute Gasteiger partial charge is 0.259 e. The molecule has 0 unspecified atom stereocenters. The third kappa shape index (κ3) is 1.72. The molecule has 3 rings (SSSR count). The normalized spacial score (nSPS) is 14.6. The second kappa shape index (κ2) is 4.11. The van der Waals surface area contributed by atoms with Crippen molar-refractivity contribution < 1.29 is 4.74 Å². The van der Waals surface area contributed by atoms with Crippen molar-refractivity contribution in [1.29, 1.82) is 0 Å². The van der Waals surface area contributed by atoms with Crippen LogP contribution in [-0.2, 0) is 6.54 Å². The topological polar surface area (TPSA) is 31.2 Å². The Morgan fingerprint density at radius 2 is 2.24 bits per heavy atom. The summed E-state index contributed by atoms with van der Waals surface area (Å²) in [6.07, 6.45) is 1.06. The van der Waals surface area contributed by atoms with Crippen LogP contribution in [0.2, 0.25) is 0 Å². The summed E-state index contributed by atoms with van der Waals surface area (Å²) in [4.78, 5) is 12.3. The molecule has 2 heterocycles. The van der Waals surface area contributed by atoms with E-state index in [1.165, 1.54) is 0 Å². The van der Waals surface area contributed by atoms with E-state index < -0.39 is 0 Å². The van der Waals surface area contributed by atoms with Gasteiger partial charge in [0.15, 0.2) is 0 Å². The fourth-order valence-corrected chi connectivity index (χ4v) is 3.18. The third-order valence-corrected chi connectivity index (χ3v) is 4.18. The predicted octanol–water partition coefficient (Wildman–Crippen LogP) is 2.51. The molecule has 0 aliphatic carbocycles. The van der Waals surface area contributed by atoms with Gasteiger partial charge >= 0.3 is 0 Å². The number of benzene rings is 1. The van der Waals surface area contributed by atoms with Crippen LogP contribution in [0, 0.1) is 0 Å². The molecule has 88 valence electrons. The van der Waals surface area contributed by atoms with E-state index >= 15 is 0 Å². The van der Waals surface area contributed by atoms with Crippen molar-refractivity contribution in [3.8, 4) is 5.75 Å². The standard InChI is InChI=1S/C13H13NO2S/c1-16-10-4-3-9-7-12-14(5-2-6-17-12)13(15)11(9)8-10/h3-4,7-8H,2,5-6H2,1H3. The molecular formula is C13H13NO2S. The minimum Gasteiger partial charge on any atom is -0.497 e. The van der Waals surface area contributed by atoms with Crippen LogP contribution >= 0.6 is 11.8 Å². The minimum atomic E-state index is 0.101. The van der Waals surface area contributed by atoms with Gasteiger partial charge in [-0.05, 0) is 30.0 Å². The molecule has 2 aromatic rings. The maximum absolute atomic E-state index is 12.3. The summed E-state index contributed by atoms with van der Waals surface area (Å²) in [6.45, 7) is 0.828. The number of methoxy groups -OCH3 is 1. The van der Waals surface area contributed by atoms with Crippen molar-refractivity contribution in [2.45, 2.75) is 18.0 Å². The van der Waals surface area contributed by atoms with Crippen LogP contribution < -0.4 is 10.3 Å². The zero-order valence-electron chi connectivity index (χ0n) is 9.60. The van der Waals surface area contributed by atoms with Crippen LogP contribution in [0.1, 0.15) is 6.42 Å². The van der Waals surface area contributed by atoms with Crippen LogP contribution in [-0.4, -0.2) is 17.4 Å². The number of thioether (sulfide) groups is 1. The summed E-state index contributed by atoms with van der Waals surface area (Å²) in [5, 5.41) is 2.82. The fourth-order valence-electron chi connectivity index (χ4n) is 2.16. The maximum atomic E-state index is 12.3. The first kappa shape index (κ1) is 10.7. The zero-order valence-corrected chi connectivity index (χ0v) is 10.4. The van der Waals surface area contributed by atoms with E-state index in [0.717, 1.165) is 40.3 Å². The Hall–Kier alpha value is -1.42. The van der Waals surface area contributed by atoms with E-state index in [0.29, 0.717) is 0 Å². The Morgan fingerprint density at radius 1 is 1.35 bits per heavy atom.